The maximum atomic E-state index is 4.09. The molecule has 45 heavy (non-hydrogen) atoms. The predicted molar refractivity (Wildman–Crippen MR) is 207 cm³/mol. The fourth-order valence-electron chi connectivity index (χ4n) is 4.12. The molecule has 0 nitrogen and oxygen atoms in total. The van der Waals surface area contributed by atoms with Crippen molar-refractivity contribution in [2.24, 2.45) is 0 Å². The van der Waals surface area contributed by atoms with Gasteiger partial charge in [-0.2, -0.15) is 65.4 Å². The first-order chi connectivity index (χ1) is 19.6. The van der Waals surface area contributed by atoms with Crippen LogP contribution in [-0.2, 0) is 19.5 Å². The van der Waals surface area contributed by atoms with Crippen molar-refractivity contribution in [3.05, 3.63) is 117 Å². The second kappa shape index (κ2) is 19.3. The summed E-state index contributed by atoms with van der Waals surface area (Å²) in [7, 11) is -3.62. The molecule has 0 aliphatic rings. The van der Waals surface area contributed by atoms with Gasteiger partial charge in [0.2, 0.25) is 0 Å². The minimum atomic E-state index is -1.81. The molecule has 0 spiro atoms. The van der Waals surface area contributed by atoms with Crippen molar-refractivity contribution in [2.75, 3.05) is 0 Å². The van der Waals surface area contributed by atoms with Gasteiger partial charge >= 0.3 is 46.8 Å². The minimum absolute atomic E-state index is 0. The third-order valence-corrected chi connectivity index (χ3v) is 19.0. The van der Waals surface area contributed by atoms with Crippen LogP contribution in [0.3, 0.4) is 0 Å². The summed E-state index contributed by atoms with van der Waals surface area (Å²) in [6, 6.07) is 22.3. The third-order valence-electron chi connectivity index (χ3n) is 9.76. The first kappa shape index (κ1) is 46.4. The van der Waals surface area contributed by atoms with Crippen molar-refractivity contribution in [3.8, 4) is 0 Å². The molecule has 3 aromatic carbocycles. The molecule has 0 bridgehead atoms. The van der Waals surface area contributed by atoms with Gasteiger partial charge < -0.3 is 12.0 Å². The zero-order chi connectivity index (χ0) is 33.4. The molecule has 4 heteroatoms. The Kier molecular flexibility index (Phi) is 19.9. The van der Waals surface area contributed by atoms with E-state index >= 15 is 0 Å². The molecule has 3 aromatic rings. The van der Waals surface area contributed by atoms with E-state index in [4.69, 9.17) is 0 Å². The van der Waals surface area contributed by atoms with E-state index in [-0.39, 0.29) is 56.9 Å². The summed E-state index contributed by atoms with van der Waals surface area (Å²) < 4.78 is 0. The number of hydrogen-bond acceptors (Lipinski definition) is 0. The van der Waals surface area contributed by atoms with Crippen LogP contribution in [0, 0.1) is 58.5 Å². The van der Waals surface area contributed by atoms with Gasteiger partial charge in [0, 0.05) is 16.1 Å². The van der Waals surface area contributed by atoms with Gasteiger partial charge in [0.1, 0.15) is 0 Å². The fourth-order valence-corrected chi connectivity index (χ4v) is 6.66. The molecule has 245 valence electrons. The van der Waals surface area contributed by atoms with Crippen LogP contribution in [0.5, 0.6) is 0 Å². The van der Waals surface area contributed by atoms with E-state index in [0.29, 0.717) is 0 Å². The molecule has 0 aliphatic carbocycles. The quantitative estimate of drug-likeness (QED) is 0.136. The molecule has 3 radical (unpaired) electrons. The molecule has 0 aliphatic heterocycles. The maximum Gasteiger partial charge on any atom is 3.00 e. The number of rotatable bonds is 5. The Labute approximate surface area is 315 Å². The molecule has 0 heterocycles. The SMILES string of the molecule is CC(C)(C)[Si](C)(C)[C-]=C(C(=[C-][Si](C)(C)C(C)(C)C)c1ccccc1)c1cc[c-]cc1.C[CH-]C.Cc1c(C)c(C)[c-](C)c1C.[Pb+2].[Ru+3]. The van der Waals surface area contributed by atoms with Crippen molar-refractivity contribution in [1.82, 2.24) is 0 Å². The van der Waals surface area contributed by atoms with E-state index < -0.39 is 16.1 Å². The van der Waals surface area contributed by atoms with E-state index in [1.54, 1.807) is 0 Å². The van der Waals surface area contributed by atoms with Gasteiger partial charge in [-0.25, -0.2) is 12.1 Å². The molecule has 0 amide bonds. The summed E-state index contributed by atoms with van der Waals surface area (Å²) in [6.45, 7) is 38.8. The largest absolute Gasteiger partial charge is 3.00 e. The number of benzene rings is 2. The molecule has 0 aromatic heterocycles. The standard InChI is InChI=1S/C28H39Si2.C10H15.C3H7.Pb.Ru/c1-27(2,3)29(7,8)21-25(23-17-13-11-14-18-23)26(24-19-15-12-16-20-24)22-30(9,10)28(4,5)6;1-6-7(2)9(4)10(5)8(6)3;1-3-2;;/h11,13-20H,1-10H3;1-5H3;3H,1-2H3;;/q-3;2*-1;+2;+3. The molecular formula is C41H61PbRuSi2. The Bertz CT molecular complexity index is 1190. The van der Waals surface area contributed by atoms with Crippen LogP contribution in [0.15, 0.2) is 54.6 Å². The molecule has 0 atom stereocenters. The van der Waals surface area contributed by atoms with Crippen LogP contribution in [-0.4, -0.2) is 43.4 Å². The number of hydrogen-bond donors (Lipinski definition) is 0. The van der Waals surface area contributed by atoms with Crippen LogP contribution in [0.4, 0.5) is 0 Å². The molecule has 0 saturated heterocycles. The van der Waals surface area contributed by atoms with Crippen molar-refractivity contribution in [1.29, 1.82) is 0 Å². The summed E-state index contributed by atoms with van der Waals surface area (Å²) in [5.74, 6) is 0. The average Bonchev–Trinajstić information content (AvgIpc) is 3.08. The zero-order valence-electron chi connectivity index (χ0n) is 31.6. The van der Waals surface area contributed by atoms with Crippen molar-refractivity contribution in [2.45, 2.75) is 126 Å². The van der Waals surface area contributed by atoms with E-state index in [1.165, 1.54) is 50.1 Å². The van der Waals surface area contributed by atoms with Gasteiger partial charge in [0.05, 0.1) is 0 Å². The Morgan fingerprint density at radius 1 is 0.667 bits per heavy atom. The third kappa shape index (κ3) is 13.0. The van der Waals surface area contributed by atoms with Crippen molar-refractivity contribution >= 4 is 54.6 Å². The normalized spacial score (nSPS) is 12.6. The summed E-state index contributed by atoms with van der Waals surface area (Å²) >= 11 is 0. The first-order valence-corrected chi connectivity index (χ1v) is 21.9. The van der Waals surface area contributed by atoms with Gasteiger partial charge in [-0.1, -0.05) is 131 Å². The van der Waals surface area contributed by atoms with Gasteiger partial charge in [-0.05, 0) is 0 Å². The molecule has 0 fully saturated rings. The van der Waals surface area contributed by atoms with E-state index in [0.717, 1.165) is 0 Å². The molecule has 0 saturated carbocycles. The Morgan fingerprint density at radius 3 is 1.24 bits per heavy atom. The average molecular weight is 918 g/mol. The van der Waals surface area contributed by atoms with Crippen molar-refractivity contribution in [3.63, 3.8) is 0 Å². The van der Waals surface area contributed by atoms with Gasteiger partial charge in [-0.3, -0.25) is 22.5 Å². The van der Waals surface area contributed by atoms with Crippen LogP contribution in [0.2, 0.25) is 36.3 Å². The molecule has 0 unspecified atom stereocenters. The number of allylic oxidation sites excluding steroid dienone is 2. The Hall–Kier alpha value is -0.751. The van der Waals surface area contributed by atoms with E-state index in [9.17, 15) is 0 Å². The van der Waals surface area contributed by atoms with Crippen LogP contribution in [0.25, 0.3) is 11.1 Å². The first-order valence-electron chi connectivity index (χ1n) is 15.9. The van der Waals surface area contributed by atoms with Crippen LogP contribution >= 0.6 is 0 Å². The van der Waals surface area contributed by atoms with Crippen LogP contribution < -0.4 is 0 Å². The summed E-state index contributed by atoms with van der Waals surface area (Å²) in [5.41, 5.74) is 20.4. The predicted octanol–water partition coefficient (Wildman–Crippen LogP) is 12.5. The van der Waals surface area contributed by atoms with Crippen LogP contribution in [0.1, 0.15) is 94.3 Å². The zero-order valence-corrected chi connectivity index (χ0v) is 39.3. The van der Waals surface area contributed by atoms with Crippen molar-refractivity contribution < 1.29 is 19.5 Å². The minimum Gasteiger partial charge on any atom is -0.335 e. The Balaban J connectivity index is 0. The summed E-state index contributed by atoms with van der Waals surface area (Å²) in [6.07, 6.45) is 2.00. The second-order valence-corrected chi connectivity index (χ2v) is 25.1. The molecule has 0 N–H and O–H groups in total. The monoisotopic (exact) mass is 919 g/mol. The topological polar surface area (TPSA) is 0 Å². The second-order valence-electron chi connectivity index (χ2n) is 15.1. The maximum absolute atomic E-state index is 4.09. The summed E-state index contributed by atoms with van der Waals surface area (Å²) in [4.78, 5) is 0. The van der Waals surface area contributed by atoms with Gasteiger partial charge in [0.15, 0.2) is 0 Å². The van der Waals surface area contributed by atoms with E-state index in [2.05, 4.69) is 162 Å². The smallest absolute Gasteiger partial charge is 0.335 e. The fraction of sp³-hybridized carbons (Fsp3) is 0.463. The summed E-state index contributed by atoms with van der Waals surface area (Å²) in [5, 5.41) is 0.442. The molecular weight excluding hydrogens is 857 g/mol. The van der Waals surface area contributed by atoms with Gasteiger partial charge in [-0.15, -0.1) is 12.1 Å². The molecule has 3 rings (SSSR count). The van der Waals surface area contributed by atoms with Gasteiger partial charge in [0.25, 0.3) is 0 Å². The van der Waals surface area contributed by atoms with E-state index in [1.807, 2.05) is 32.4 Å². The Morgan fingerprint density at radius 2 is 0.978 bits per heavy atom.